The van der Waals surface area contributed by atoms with Gasteiger partial charge in [0, 0.05) is 76.2 Å². The number of carbonyl (C=O) groups excluding carboxylic acids is 3. The summed E-state index contributed by atoms with van der Waals surface area (Å²) in [6.07, 6.45) is 7.58. The molecule has 1 heterocycles. The van der Waals surface area contributed by atoms with E-state index in [2.05, 4.69) is 23.1 Å². The van der Waals surface area contributed by atoms with Gasteiger partial charge in [-0.15, -0.1) is 0 Å². The number of hydrogen-bond donors (Lipinski definition) is 1. The molecule has 0 radical (unpaired) electrons. The topological polar surface area (TPSA) is 105 Å². The minimum atomic E-state index is -0.353. The SMILES string of the molecule is CC1=C(N(C=C(C=O)C=O)C2CC2)C(C)CC(F)=C1N1CCc2ccc(N(C)CC(C#N)CC=O)cc2CC1.CO. The Labute approximate surface area is 242 Å². The summed E-state index contributed by atoms with van der Waals surface area (Å²) in [6.45, 7) is 5.79. The highest BCUT2D eigenvalue weighted by Crippen LogP contribution is 2.43. The van der Waals surface area contributed by atoms with Crippen LogP contribution in [0.5, 0.6) is 0 Å². The molecule has 0 bridgehead atoms. The Balaban J connectivity index is 0.00000226. The second-order valence-corrected chi connectivity index (χ2v) is 10.9. The number of nitriles is 1. The number of hydrogen-bond acceptors (Lipinski definition) is 8. The van der Waals surface area contributed by atoms with E-state index in [9.17, 15) is 19.6 Å². The highest BCUT2D eigenvalue weighted by atomic mass is 19.1. The summed E-state index contributed by atoms with van der Waals surface area (Å²) in [7, 11) is 2.93. The zero-order chi connectivity index (χ0) is 30.1. The molecule has 8 nitrogen and oxygen atoms in total. The molecule has 1 aromatic carbocycles. The zero-order valence-corrected chi connectivity index (χ0v) is 24.5. The predicted octanol–water partition coefficient (Wildman–Crippen LogP) is 4.10. The number of allylic oxidation sites excluding steroid dienone is 4. The summed E-state index contributed by atoms with van der Waals surface area (Å²) >= 11 is 0. The van der Waals surface area contributed by atoms with Crippen LogP contribution in [0.3, 0.4) is 0 Å². The van der Waals surface area contributed by atoms with Gasteiger partial charge in [-0.3, -0.25) is 9.59 Å². The lowest BCUT2D eigenvalue weighted by Crippen LogP contribution is -2.34. The van der Waals surface area contributed by atoms with Crippen LogP contribution in [0.1, 0.15) is 50.7 Å². The third kappa shape index (κ3) is 7.50. The van der Waals surface area contributed by atoms with Gasteiger partial charge >= 0.3 is 0 Å². The van der Waals surface area contributed by atoms with Crippen molar-refractivity contribution in [2.24, 2.45) is 11.8 Å². The molecule has 0 aromatic heterocycles. The van der Waals surface area contributed by atoms with Crippen LogP contribution in [0.4, 0.5) is 10.1 Å². The van der Waals surface area contributed by atoms with E-state index in [4.69, 9.17) is 5.11 Å². The zero-order valence-electron chi connectivity index (χ0n) is 24.5. The monoisotopic (exact) mass is 564 g/mol. The van der Waals surface area contributed by atoms with Crippen LogP contribution < -0.4 is 4.90 Å². The average Bonchev–Trinajstić information content (AvgIpc) is 3.83. The fourth-order valence-corrected chi connectivity index (χ4v) is 5.88. The van der Waals surface area contributed by atoms with Gasteiger partial charge in [0.25, 0.3) is 0 Å². The standard InChI is InChI=1S/C31H37FN4O3.CH4O/c1-21-14-29(32)31(22(2)30(21)36(27-6-7-27)18-24(19-38)20-39)35-11-8-25-4-5-28(15-26(25)9-12-35)34(3)17-23(16-33)10-13-37;1-2/h4-5,13,15,18-21,23,27H,6-12,14,17H2,1-3H3;2H,1H3. The highest BCUT2D eigenvalue weighted by Gasteiger charge is 2.37. The van der Waals surface area contributed by atoms with Gasteiger partial charge in [-0.1, -0.05) is 13.0 Å². The van der Waals surface area contributed by atoms with Gasteiger partial charge in [0.2, 0.25) is 0 Å². The predicted molar refractivity (Wildman–Crippen MR) is 156 cm³/mol. The lowest BCUT2D eigenvalue weighted by atomic mass is 9.89. The van der Waals surface area contributed by atoms with Crippen molar-refractivity contribution in [3.8, 4) is 6.07 Å². The molecule has 0 saturated heterocycles. The van der Waals surface area contributed by atoms with Gasteiger partial charge in [0.1, 0.15) is 12.1 Å². The average molecular weight is 565 g/mol. The molecule has 0 amide bonds. The molecule has 1 aromatic rings. The van der Waals surface area contributed by atoms with Crippen LogP contribution in [0.15, 0.2) is 52.8 Å². The Bertz CT molecular complexity index is 1250. The number of nitrogens with zero attached hydrogens (tertiary/aromatic N) is 4. The van der Waals surface area contributed by atoms with Gasteiger partial charge in [-0.2, -0.15) is 5.26 Å². The highest BCUT2D eigenvalue weighted by molar-refractivity contribution is 5.99. The molecule has 3 aliphatic rings. The maximum Gasteiger partial charge on any atom is 0.154 e. The molecule has 4 rings (SSSR count). The molecule has 9 heteroatoms. The van der Waals surface area contributed by atoms with E-state index in [1.54, 1.807) is 6.20 Å². The van der Waals surface area contributed by atoms with Crippen LogP contribution in [0, 0.1) is 23.2 Å². The maximum absolute atomic E-state index is 15.6. The van der Waals surface area contributed by atoms with Crippen molar-refractivity contribution in [3.63, 3.8) is 0 Å². The molecule has 1 N–H and O–H groups in total. The number of carbonyl (C=O) groups is 3. The molecular formula is C32H41FN4O4. The van der Waals surface area contributed by atoms with E-state index in [-0.39, 0.29) is 42.1 Å². The fourth-order valence-electron chi connectivity index (χ4n) is 5.88. The third-order valence-electron chi connectivity index (χ3n) is 8.03. The molecular weight excluding hydrogens is 523 g/mol. The van der Waals surface area contributed by atoms with Gasteiger partial charge in [0.05, 0.1) is 23.3 Å². The molecule has 1 aliphatic heterocycles. The first-order chi connectivity index (χ1) is 19.8. The van der Waals surface area contributed by atoms with E-state index < -0.39 is 0 Å². The van der Waals surface area contributed by atoms with Gasteiger partial charge in [0.15, 0.2) is 12.6 Å². The molecule has 2 aliphatic carbocycles. The molecule has 1 fully saturated rings. The van der Waals surface area contributed by atoms with Crippen molar-refractivity contribution < 1.29 is 23.9 Å². The number of anilines is 1. The molecule has 0 spiro atoms. The van der Waals surface area contributed by atoms with Gasteiger partial charge in [-0.25, -0.2) is 4.39 Å². The van der Waals surface area contributed by atoms with E-state index >= 15 is 4.39 Å². The molecule has 2 unspecified atom stereocenters. The Kier molecular flexibility index (Phi) is 11.4. The van der Waals surface area contributed by atoms with Crippen molar-refractivity contribution in [3.05, 3.63) is 63.9 Å². The number of rotatable bonds is 11. The number of benzene rings is 1. The Morgan fingerprint density at radius 1 is 1.17 bits per heavy atom. The first-order valence-electron chi connectivity index (χ1n) is 14.2. The number of fused-ring (bicyclic) bond motifs is 1. The van der Waals surface area contributed by atoms with Gasteiger partial charge in [-0.05, 0) is 61.4 Å². The first-order valence-corrected chi connectivity index (χ1v) is 14.2. The summed E-state index contributed by atoms with van der Waals surface area (Å²) in [5.41, 5.74) is 6.02. The van der Waals surface area contributed by atoms with Crippen LogP contribution in [-0.2, 0) is 27.2 Å². The first kappa shape index (κ1) is 31.8. The maximum atomic E-state index is 15.6. The number of aliphatic hydroxyl groups is 1. The van der Waals surface area contributed by atoms with E-state index in [0.29, 0.717) is 37.9 Å². The van der Waals surface area contributed by atoms with Crippen LogP contribution in [-0.4, -0.2) is 73.6 Å². The second-order valence-electron chi connectivity index (χ2n) is 10.9. The van der Waals surface area contributed by atoms with Crippen LogP contribution in [0.2, 0.25) is 0 Å². The molecule has 41 heavy (non-hydrogen) atoms. The van der Waals surface area contributed by atoms with Crippen LogP contribution >= 0.6 is 0 Å². The Hall–Kier alpha value is -3.77. The minimum absolute atomic E-state index is 0.0659. The van der Waals surface area contributed by atoms with E-state index in [0.717, 1.165) is 56.0 Å². The van der Waals surface area contributed by atoms with Crippen molar-refractivity contribution in [1.29, 1.82) is 5.26 Å². The van der Waals surface area contributed by atoms with E-state index in [1.807, 2.05) is 36.8 Å². The fraction of sp³-hybridized carbons (Fsp3) is 0.500. The van der Waals surface area contributed by atoms with Gasteiger partial charge < -0.3 is 24.6 Å². The van der Waals surface area contributed by atoms with Crippen LogP contribution in [0.25, 0.3) is 0 Å². The molecule has 1 saturated carbocycles. The van der Waals surface area contributed by atoms with Crippen molar-refractivity contribution >= 4 is 24.5 Å². The summed E-state index contributed by atoms with van der Waals surface area (Å²) in [5.74, 6) is -0.531. The van der Waals surface area contributed by atoms with Crippen molar-refractivity contribution in [1.82, 2.24) is 9.80 Å². The minimum Gasteiger partial charge on any atom is -0.400 e. The van der Waals surface area contributed by atoms with Crippen molar-refractivity contribution in [2.75, 3.05) is 38.7 Å². The van der Waals surface area contributed by atoms with Crippen molar-refractivity contribution in [2.45, 2.75) is 58.4 Å². The number of aldehydes is 3. The quantitative estimate of drug-likeness (QED) is 0.185. The van der Waals surface area contributed by atoms with E-state index in [1.165, 1.54) is 11.1 Å². The lowest BCUT2D eigenvalue weighted by Gasteiger charge is -2.37. The smallest absolute Gasteiger partial charge is 0.154 e. The number of aliphatic hydroxyl groups excluding tert-OH is 1. The summed E-state index contributed by atoms with van der Waals surface area (Å²) in [4.78, 5) is 39.8. The number of halogens is 1. The normalized spacial score (nSPS) is 19.0. The Morgan fingerprint density at radius 3 is 2.41 bits per heavy atom. The summed E-state index contributed by atoms with van der Waals surface area (Å²) < 4.78 is 15.6. The largest absolute Gasteiger partial charge is 0.400 e. The molecule has 220 valence electrons. The lowest BCUT2D eigenvalue weighted by molar-refractivity contribution is -0.110. The summed E-state index contributed by atoms with van der Waals surface area (Å²) in [5, 5.41) is 16.3. The second kappa shape index (κ2) is 14.7. The third-order valence-corrected chi connectivity index (χ3v) is 8.03. The summed E-state index contributed by atoms with van der Waals surface area (Å²) in [6, 6.07) is 8.75. The molecule has 2 atom stereocenters. The Morgan fingerprint density at radius 2 is 1.83 bits per heavy atom.